The van der Waals surface area contributed by atoms with E-state index in [0.717, 1.165) is 35.0 Å². The monoisotopic (exact) mass is 381 g/mol. The number of fused-ring (bicyclic) bond motifs is 1. The minimum Gasteiger partial charge on any atom is -0.504 e. The predicted octanol–water partition coefficient (Wildman–Crippen LogP) is 3.46. The molecule has 5 heteroatoms. The smallest absolute Gasteiger partial charge is 0.161 e. The van der Waals surface area contributed by atoms with Crippen LogP contribution in [0.1, 0.15) is 43.7 Å². The standard InChI is InChI=1S/C18H24BrNO3/c1-10-14(19)8-15(23-3)17(22)16(10)18-6-7-20-11(2)13(18)5-4-12(21)9-18/h8,11,13,20,22H,4-7,9H2,1-3H3/t11?,13?,18-/m1/s1. The summed E-state index contributed by atoms with van der Waals surface area (Å²) in [6.45, 7) is 5.06. The normalized spacial score (nSPS) is 30.9. The van der Waals surface area contributed by atoms with Crippen LogP contribution < -0.4 is 10.1 Å². The van der Waals surface area contributed by atoms with E-state index in [9.17, 15) is 9.90 Å². The van der Waals surface area contributed by atoms with Gasteiger partial charge in [-0.15, -0.1) is 0 Å². The van der Waals surface area contributed by atoms with Crippen molar-refractivity contribution in [3.8, 4) is 11.5 Å². The maximum atomic E-state index is 12.3. The van der Waals surface area contributed by atoms with E-state index in [2.05, 4.69) is 28.2 Å². The van der Waals surface area contributed by atoms with Crippen molar-refractivity contribution in [1.82, 2.24) is 5.32 Å². The molecule has 1 aliphatic carbocycles. The number of hydrogen-bond donors (Lipinski definition) is 2. The lowest BCUT2D eigenvalue weighted by Gasteiger charge is -2.51. The molecule has 4 nitrogen and oxygen atoms in total. The fraction of sp³-hybridized carbons (Fsp3) is 0.611. The van der Waals surface area contributed by atoms with Gasteiger partial charge in [0.1, 0.15) is 5.78 Å². The lowest BCUT2D eigenvalue weighted by atomic mass is 9.56. The molecule has 0 spiro atoms. The second-order valence-electron chi connectivity index (χ2n) is 6.92. The van der Waals surface area contributed by atoms with Crippen LogP contribution in [-0.2, 0) is 10.2 Å². The van der Waals surface area contributed by atoms with Gasteiger partial charge in [0.05, 0.1) is 7.11 Å². The molecule has 0 bridgehead atoms. The van der Waals surface area contributed by atoms with Crippen LogP contribution in [0.5, 0.6) is 11.5 Å². The molecule has 2 fully saturated rings. The van der Waals surface area contributed by atoms with Crippen LogP contribution in [0, 0.1) is 12.8 Å². The molecular weight excluding hydrogens is 358 g/mol. The first-order chi connectivity index (χ1) is 10.9. The van der Waals surface area contributed by atoms with Crippen LogP contribution in [0.15, 0.2) is 10.5 Å². The van der Waals surface area contributed by atoms with Gasteiger partial charge < -0.3 is 15.2 Å². The third kappa shape index (κ3) is 2.58. The second-order valence-corrected chi connectivity index (χ2v) is 7.77. The Labute approximate surface area is 145 Å². The van der Waals surface area contributed by atoms with Crippen LogP contribution in [0.4, 0.5) is 0 Å². The van der Waals surface area contributed by atoms with Crippen molar-refractivity contribution >= 4 is 21.7 Å². The molecule has 0 aromatic heterocycles. The van der Waals surface area contributed by atoms with Crippen LogP contribution in [0.2, 0.25) is 0 Å². The molecule has 0 amide bonds. The van der Waals surface area contributed by atoms with Gasteiger partial charge in [-0.1, -0.05) is 15.9 Å². The Bertz CT molecular complexity index is 646. The van der Waals surface area contributed by atoms with E-state index < -0.39 is 0 Å². The summed E-state index contributed by atoms with van der Waals surface area (Å²) in [6, 6.07) is 2.13. The molecule has 2 N–H and O–H groups in total. The molecule has 2 unspecified atom stereocenters. The van der Waals surface area contributed by atoms with E-state index in [0.29, 0.717) is 36.3 Å². The van der Waals surface area contributed by atoms with E-state index in [1.165, 1.54) is 0 Å². The first kappa shape index (κ1) is 16.8. The number of benzene rings is 1. The van der Waals surface area contributed by atoms with Crippen molar-refractivity contribution in [2.75, 3.05) is 13.7 Å². The third-order valence-corrected chi connectivity index (χ3v) is 6.60. The number of carbonyl (C=O) groups is 1. The molecule has 1 heterocycles. The number of ether oxygens (including phenoxy) is 1. The number of phenols is 1. The predicted molar refractivity (Wildman–Crippen MR) is 93.2 cm³/mol. The largest absolute Gasteiger partial charge is 0.504 e. The third-order valence-electron chi connectivity index (χ3n) is 5.78. The van der Waals surface area contributed by atoms with E-state index in [4.69, 9.17) is 4.74 Å². The van der Waals surface area contributed by atoms with Gasteiger partial charge in [-0.3, -0.25) is 4.79 Å². The number of nitrogens with one attached hydrogen (secondary N) is 1. The Morgan fingerprint density at radius 1 is 1.48 bits per heavy atom. The molecular formula is C18H24BrNO3. The Morgan fingerprint density at radius 3 is 2.91 bits per heavy atom. The molecule has 1 aliphatic heterocycles. The Hall–Kier alpha value is -1.07. The number of ketones is 1. The number of halogens is 1. The van der Waals surface area contributed by atoms with Crippen molar-refractivity contribution in [2.45, 2.75) is 51.0 Å². The molecule has 3 atom stereocenters. The highest BCUT2D eigenvalue weighted by atomic mass is 79.9. The molecule has 1 saturated heterocycles. The number of phenolic OH excluding ortho intramolecular Hbond substituents is 1. The lowest BCUT2D eigenvalue weighted by molar-refractivity contribution is -0.124. The minimum absolute atomic E-state index is 0.196. The number of methoxy groups -OCH3 is 1. The van der Waals surface area contributed by atoms with Crippen molar-refractivity contribution in [1.29, 1.82) is 0 Å². The van der Waals surface area contributed by atoms with Crippen molar-refractivity contribution in [3.05, 3.63) is 21.7 Å². The molecule has 1 aromatic carbocycles. The summed E-state index contributed by atoms with van der Waals surface area (Å²) in [5.74, 6) is 1.31. The van der Waals surface area contributed by atoms with Gasteiger partial charge in [0.25, 0.3) is 0 Å². The zero-order chi connectivity index (χ0) is 16.8. The molecule has 3 rings (SSSR count). The highest BCUT2D eigenvalue weighted by molar-refractivity contribution is 9.10. The van der Waals surface area contributed by atoms with Crippen LogP contribution >= 0.6 is 15.9 Å². The summed E-state index contributed by atoms with van der Waals surface area (Å²) < 4.78 is 6.28. The van der Waals surface area contributed by atoms with Gasteiger partial charge in [-0.25, -0.2) is 0 Å². The van der Waals surface area contributed by atoms with Gasteiger partial charge in [-0.05, 0) is 50.8 Å². The first-order valence-electron chi connectivity index (χ1n) is 8.22. The number of Topliss-reactive ketones (excluding diaryl/α,β-unsaturated/α-hetero) is 1. The van der Waals surface area contributed by atoms with Crippen LogP contribution in [-0.4, -0.2) is 30.6 Å². The van der Waals surface area contributed by atoms with Gasteiger partial charge in [0, 0.05) is 34.3 Å². The van der Waals surface area contributed by atoms with Crippen molar-refractivity contribution < 1.29 is 14.6 Å². The fourth-order valence-corrected chi connectivity index (χ4v) is 5.11. The number of aromatic hydroxyl groups is 1. The second kappa shape index (κ2) is 6.10. The zero-order valence-corrected chi connectivity index (χ0v) is 15.5. The minimum atomic E-state index is -0.300. The van der Waals surface area contributed by atoms with E-state index >= 15 is 0 Å². The van der Waals surface area contributed by atoms with E-state index in [1.54, 1.807) is 13.2 Å². The molecule has 126 valence electrons. The van der Waals surface area contributed by atoms with Crippen molar-refractivity contribution in [3.63, 3.8) is 0 Å². The summed E-state index contributed by atoms with van der Waals surface area (Å²) in [5.41, 5.74) is 1.61. The highest BCUT2D eigenvalue weighted by Gasteiger charge is 2.51. The van der Waals surface area contributed by atoms with Gasteiger partial charge in [0.15, 0.2) is 11.5 Å². The Kier molecular flexibility index (Phi) is 4.45. The number of rotatable bonds is 2. The SMILES string of the molecule is COc1cc(Br)c(C)c([C@@]23CCNC(C)C2CCC(=O)C3)c1O. The molecule has 1 saturated carbocycles. The quantitative estimate of drug-likeness (QED) is 0.823. The fourth-order valence-electron chi connectivity index (χ4n) is 4.71. The number of carbonyl (C=O) groups excluding carboxylic acids is 1. The number of piperidine rings is 1. The summed E-state index contributed by atoms with van der Waals surface area (Å²) in [7, 11) is 1.56. The highest BCUT2D eigenvalue weighted by Crippen LogP contribution is 2.54. The number of hydrogen-bond acceptors (Lipinski definition) is 4. The summed E-state index contributed by atoms with van der Waals surface area (Å²) in [5, 5.41) is 14.4. The molecule has 2 aliphatic rings. The van der Waals surface area contributed by atoms with E-state index in [1.807, 2.05) is 6.92 Å². The molecule has 0 radical (unpaired) electrons. The van der Waals surface area contributed by atoms with Gasteiger partial charge in [0.2, 0.25) is 0 Å². The maximum absolute atomic E-state index is 12.3. The summed E-state index contributed by atoms with van der Waals surface area (Å²) >= 11 is 3.59. The Balaban J connectivity index is 2.24. The van der Waals surface area contributed by atoms with Crippen LogP contribution in [0.25, 0.3) is 0 Å². The van der Waals surface area contributed by atoms with Crippen molar-refractivity contribution in [2.24, 2.45) is 5.92 Å². The average molecular weight is 382 g/mol. The summed E-state index contributed by atoms with van der Waals surface area (Å²) in [4.78, 5) is 12.3. The molecule has 1 aromatic rings. The first-order valence-corrected chi connectivity index (χ1v) is 9.01. The van der Waals surface area contributed by atoms with Crippen LogP contribution in [0.3, 0.4) is 0 Å². The topological polar surface area (TPSA) is 58.6 Å². The maximum Gasteiger partial charge on any atom is 0.161 e. The van der Waals surface area contributed by atoms with E-state index in [-0.39, 0.29) is 11.2 Å². The van der Waals surface area contributed by atoms with Gasteiger partial charge >= 0.3 is 0 Å². The Morgan fingerprint density at radius 2 is 2.22 bits per heavy atom. The summed E-state index contributed by atoms with van der Waals surface area (Å²) in [6.07, 6.45) is 2.89. The van der Waals surface area contributed by atoms with Gasteiger partial charge in [-0.2, -0.15) is 0 Å². The zero-order valence-electron chi connectivity index (χ0n) is 13.9. The molecule has 23 heavy (non-hydrogen) atoms. The average Bonchev–Trinajstić information content (AvgIpc) is 2.50. The lowest BCUT2D eigenvalue weighted by Crippen LogP contribution is -2.56.